The van der Waals surface area contributed by atoms with Gasteiger partial charge in [-0.25, -0.2) is 4.39 Å². The first-order chi connectivity index (χ1) is 11.4. The molecule has 2 amide bonds. The molecule has 0 aliphatic rings. The van der Waals surface area contributed by atoms with Gasteiger partial charge in [0.25, 0.3) is 5.91 Å². The van der Waals surface area contributed by atoms with Crippen LogP contribution in [0.25, 0.3) is 0 Å². The highest BCUT2D eigenvalue weighted by molar-refractivity contribution is 6.01. The van der Waals surface area contributed by atoms with Crippen LogP contribution in [0.4, 0.5) is 10.1 Å². The third-order valence-corrected chi connectivity index (χ3v) is 3.70. The molecule has 0 aliphatic carbocycles. The maximum absolute atomic E-state index is 13.6. The Bertz CT molecular complexity index is 744. The lowest BCUT2D eigenvalue weighted by molar-refractivity contribution is -0.117. The Kier molecular flexibility index (Phi) is 5.68. The molecular weight excluding hydrogens is 307 g/mol. The van der Waals surface area contributed by atoms with Crippen molar-refractivity contribution in [1.82, 2.24) is 5.32 Å². The fourth-order valence-corrected chi connectivity index (χ4v) is 2.34. The molecule has 2 aromatic rings. The summed E-state index contributed by atoms with van der Waals surface area (Å²) >= 11 is 0. The third kappa shape index (κ3) is 4.19. The second kappa shape index (κ2) is 7.73. The molecule has 0 fully saturated rings. The fraction of sp³-hybridized carbons (Fsp3) is 0.263. The lowest BCUT2D eigenvalue weighted by atomic mass is 10.0. The summed E-state index contributed by atoms with van der Waals surface area (Å²) in [6.07, 6.45) is 0. The molecule has 2 N–H and O–H groups in total. The minimum absolute atomic E-state index is 0.0836. The number of rotatable bonds is 5. The van der Waals surface area contributed by atoms with E-state index < -0.39 is 17.8 Å². The molecule has 1 unspecified atom stereocenters. The topological polar surface area (TPSA) is 58.2 Å². The van der Waals surface area contributed by atoms with Gasteiger partial charge < -0.3 is 10.6 Å². The van der Waals surface area contributed by atoms with Gasteiger partial charge in [0.2, 0.25) is 5.91 Å². The first-order valence-corrected chi connectivity index (χ1v) is 7.85. The fourth-order valence-electron chi connectivity index (χ4n) is 2.34. The highest BCUT2D eigenvalue weighted by Crippen LogP contribution is 2.23. The van der Waals surface area contributed by atoms with E-state index >= 15 is 0 Å². The summed E-state index contributed by atoms with van der Waals surface area (Å²) in [5.41, 5.74) is 1.64. The molecule has 0 spiro atoms. The maximum atomic E-state index is 13.6. The molecule has 24 heavy (non-hydrogen) atoms. The number of anilines is 1. The predicted molar refractivity (Wildman–Crippen MR) is 92.5 cm³/mol. The second-order valence-electron chi connectivity index (χ2n) is 5.91. The van der Waals surface area contributed by atoms with Crippen LogP contribution < -0.4 is 10.6 Å². The smallest absolute Gasteiger partial charge is 0.254 e. The summed E-state index contributed by atoms with van der Waals surface area (Å²) < 4.78 is 13.6. The molecule has 1 atom stereocenters. The van der Waals surface area contributed by atoms with Crippen molar-refractivity contribution in [2.24, 2.45) is 0 Å². The Morgan fingerprint density at radius 2 is 1.58 bits per heavy atom. The molecule has 2 rings (SSSR count). The van der Waals surface area contributed by atoms with Crippen LogP contribution in [0.2, 0.25) is 0 Å². The normalized spacial score (nSPS) is 11.9. The molecule has 0 heterocycles. The predicted octanol–water partition coefficient (Wildman–Crippen LogP) is 3.71. The molecule has 126 valence electrons. The molecule has 0 aliphatic heterocycles. The van der Waals surface area contributed by atoms with Crippen molar-refractivity contribution in [3.05, 3.63) is 65.5 Å². The van der Waals surface area contributed by atoms with Gasteiger partial charge in [-0.1, -0.05) is 44.2 Å². The average molecular weight is 328 g/mol. The van der Waals surface area contributed by atoms with Crippen molar-refractivity contribution in [2.45, 2.75) is 32.7 Å². The summed E-state index contributed by atoms with van der Waals surface area (Å²) in [4.78, 5) is 24.4. The molecule has 0 saturated carbocycles. The second-order valence-corrected chi connectivity index (χ2v) is 5.91. The van der Waals surface area contributed by atoms with Crippen LogP contribution in [-0.4, -0.2) is 17.9 Å². The molecule has 0 bridgehead atoms. The lowest BCUT2D eigenvalue weighted by Crippen LogP contribution is -2.42. The van der Waals surface area contributed by atoms with Gasteiger partial charge >= 0.3 is 0 Å². The Hall–Kier alpha value is -2.69. The standard InChI is InChI=1S/C19H21FN2O2/c1-12(2)14-8-5-7-11-17(14)22-18(23)13(3)21-19(24)15-9-4-6-10-16(15)20/h4-13H,1-3H3,(H,21,24)(H,22,23). The quantitative estimate of drug-likeness (QED) is 0.879. The zero-order chi connectivity index (χ0) is 17.7. The van der Waals surface area contributed by atoms with Crippen LogP contribution in [0.1, 0.15) is 42.6 Å². The van der Waals surface area contributed by atoms with Crippen molar-refractivity contribution in [3.63, 3.8) is 0 Å². The van der Waals surface area contributed by atoms with Crippen LogP contribution in [0.3, 0.4) is 0 Å². The minimum atomic E-state index is -0.794. The van der Waals surface area contributed by atoms with Crippen molar-refractivity contribution in [3.8, 4) is 0 Å². The Morgan fingerprint density at radius 1 is 0.958 bits per heavy atom. The van der Waals surface area contributed by atoms with E-state index in [2.05, 4.69) is 10.6 Å². The van der Waals surface area contributed by atoms with Crippen LogP contribution in [0.15, 0.2) is 48.5 Å². The van der Waals surface area contributed by atoms with Gasteiger partial charge in [-0.2, -0.15) is 0 Å². The van der Waals surface area contributed by atoms with E-state index in [0.717, 1.165) is 5.56 Å². The van der Waals surface area contributed by atoms with Crippen molar-refractivity contribution in [1.29, 1.82) is 0 Å². The van der Waals surface area contributed by atoms with Crippen molar-refractivity contribution >= 4 is 17.5 Å². The summed E-state index contributed by atoms with van der Waals surface area (Å²) in [7, 11) is 0. The number of carbonyl (C=O) groups excluding carboxylic acids is 2. The molecule has 0 radical (unpaired) electrons. The zero-order valence-corrected chi connectivity index (χ0v) is 14.0. The number of para-hydroxylation sites is 1. The van der Waals surface area contributed by atoms with Gasteiger partial charge in [0.1, 0.15) is 11.9 Å². The van der Waals surface area contributed by atoms with Gasteiger partial charge in [-0.15, -0.1) is 0 Å². The van der Waals surface area contributed by atoms with Crippen LogP contribution in [-0.2, 0) is 4.79 Å². The van der Waals surface area contributed by atoms with E-state index in [0.29, 0.717) is 5.69 Å². The van der Waals surface area contributed by atoms with E-state index in [1.54, 1.807) is 13.0 Å². The summed E-state index contributed by atoms with van der Waals surface area (Å²) in [6, 6.07) is 12.4. The highest BCUT2D eigenvalue weighted by Gasteiger charge is 2.19. The monoisotopic (exact) mass is 328 g/mol. The van der Waals surface area contributed by atoms with Crippen LogP contribution in [0, 0.1) is 5.82 Å². The number of halogens is 1. The summed E-state index contributed by atoms with van der Waals surface area (Å²) in [6.45, 7) is 5.63. The molecule has 0 aromatic heterocycles. The largest absolute Gasteiger partial charge is 0.340 e. The number of nitrogens with one attached hydrogen (secondary N) is 2. The van der Waals surface area contributed by atoms with Gasteiger partial charge in [-0.3, -0.25) is 9.59 Å². The van der Waals surface area contributed by atoms with Gasteiger partial charge in [-0.05, 0) is 36.6 Å². The Morgan fingerprint density at radius 3 is 2.25 bits per heavy atom. The van der Waals surface area contributed by atoms with Gasteiger partial charge in [0.05, 0.1) is 5.56 Å². The minimum Gasteiger partial charge on any atom is -0.340 e. The maximum Gasteiger partial charge on any atom is 0.254 e. The Balaban J connectivity index is 2.06. The lowest BCUT2D eigenvalue weighted by Gasteiger charge is -2.17. The third-order valence-electron chi connectivity index (χ3n) is 3.70. The highest BCUT2D eigenvalue weighted by atomic mass is 19.1. The number of hydrogen-bond acceptors (Lipinski definition) is 2. The molecule has 5 heteroatoms. The number of amides is 2. The average Bonchev–Trinajstić information content (AvgIpc) is 2.55. The van der Waals surface area contributed by atoms with E-state index in [9.17, 15) is 14.0 Å². The zero-order valence-electron chi connectivity index (χ0n) is 14.0. The first-order valence-electron chi connectivity index (χ1n) is 7.85. The Labute approximate surface area is 141 Å². The first kappa shape index (κ1) is 17.7. The SMILES string of the molecule is CC(NC(=O)c1ccccc1F)C(=O)Nc1ccccc1C(C)C. The van der Waals surface area contributed by atoms with E-state index in [-0.39, 0.29) is 17.4 Å². The van der Waals surface area contributed by atoms with Crippen molar-refractivity contribution < 1.29 is 14.0 Å². The van der Waals surface area contributed by atoms with E-state index in [1.807, 2.05) is 38.1 Å². The number of carbonyl (C=O) groups is 2. The summed E-state index contributed by atoms with van der Waals surface area (Å²) in [5, 5.41) is 5.33. The van der Waals surface area contributed by atoms with Gasteiger partial charge in [0, 0.05) is 5.69 Å². The van der Waals surface area contributed by atoms with Crippen LogP contribution >= 0.6 is 0 Å². The van der Waals surface area contributed by atoms with Gasteiger partial charge in [0.15, 0.2) is 0 Å². The van der Waals surface area contributed by atoms with E-state index in [4.69, 9.17) is 0 Å². The van der Waals surface area contributed by atoms with Crippen molar-refractivity contribution in [2.75, 3.05) is 5.32 Å². The number of benzene rings is 2. The summed E-state index contributed by atoms with van der Waals surface area (Å²) in [5.74, 6) is -1.33. The molecule has 0 saturated heterocycles. The molecular formula is C19H21FN2O2. The molecule has 2 aromatic carbocycles. The van der Waals surface area contributed by atoms with E-state index in [1.165, 1.54) is 18.2 Å². The number of hydrogen-bond donors (Lipinski definition) is 2. The molecule has 4 nitrogen and oxygen atoms in total. The van der Waals surface area contributed by atoms with Crippen LogP contribution in [0.5, 0.6) is 0 Å².